The summed E-state index contributed by atoms with van der Waals surface area (Å²) >= 11 is 0. The molecule has 0 bridgehead atoms. The molecule has 20 heavy (non-hydrogen) atoms. The number of hydrogen-bond acceptors (Lipinski definition) is 3. The van der Waals surface area contributed by atoms with Crippen LogP contribution in [0, 0.1) is 0 Å². The summed E-state index contributed by atoms with van der Waals surface area (Å²) in [5.74, 6) is 1.09. The van der Waals surface area contributed by atoms with Crippen LogP contribution in [0.3, 0.4) is 0 Å². The molecule has 2 rings (SSSR count). The van der Waals surface area contributed by atoms with Gasteiger partial charge < -0.3 is 14.8 Å². The van der Waals surface area contributed by atoms with Gasteiger partial charge in [0.2, 0.25) is 0 Å². The molecule has 0 spiro atoms. The molecule has 3 heteroatoms. The molecule has 1 aliphatic heterocycles. The van der Waals surface area contributed by atoms with E-state index >= 15 is 0 Å². The van der Waals surface area contributed by atoms with Crippen LogP contribution in [0.25, 0.3) is 0 Å². The Bertz CT molecular complexity index is 415. The Morgan fingerprint density at radius 2 is 2.20 bits per heavy atom. The Morgan fingerprint density at radius 3 is 2.90 bits per heavy atom. The highest BCUT2D eigenvalue weighted by molar-refractivity contribution is 5.45. The highest BCUT2D eigenvalue weighted by atomic mass is 16.5. The fourth-order valence-corrected chi connectivity index (χ4v) is 2.94. The number of nitrogens with one attached hydrogen (secondary N) is 1. The zero-order valence-corrected chi connectivity index (χ0v) is 12.9. The molecule has 0 amide bonds. The average Bonchev–Trinajstić information content (AvgIpc) is 2.51. The van der Waals surface area contributed by atoms with Gasteiger partial charge in [-0.25, -0.2) is 0 Å². The first-order chi connectivity index (χ1) is 9.81. The Balaban J connectivity index is 2.32. The molecule has 1 aromatic rings. The third kappa shape index (κ3) is 3.33. The van der Waals surface area contributed by atoms with Crippen molar-refractivity contribution in [2.24, 2.45) is 0 Å². The second kappa shape index (κ2) is 7.65. The van der Waals surface area contributed by atoms with Crippen LogP contribution >= 0.6 is 0 Å². The van der Waals surface area contributed by atoms with Gasteiger partial charge in [-0.15, -0.1) is 0 Å². The summed E-state index contributed by atoms with van der Waals surface area (Å²) in [5.41, 5.74) is 2.59. The molecule has 0 saturated heterocycles. The number of aryl methyl sites for hydroxylation is 1. The van der Waals surface area contributed by atoms with E-state index in [2.05, 4.69) is 37.4 Å². The molecule has 0 aliphatic carbocycles. The van der Waals surface area contributed by atoms with Crippen LogP contribution in [0.1, 0.15) is 50.3 Å². The van der Waals surface area contributed by atoms with Gasteiger partial charge in [0.1, 0.15) is 5.75 Å². The van der Waals surface area contributed by atoms with E-state index in [1.54, 1.807) is 7.11 Å². The van der Waals surface area contributed by atoms with Crippen LogP contribution in [0.5, 0.6) is 5.75 Å². The second-order valence-corrected chi connectivity index (χ2v) is 5.40. The van der Waals surface area contributed by atoms with Gasteiger partial charge in [0.15, 0.2) is 0 Å². The van der Waals surface area contributed by atoms with Gasteiger partial charge in [-0.1, -0.05) is 32.0 Å². The van der Waals surface area contributed by atoms with Gasteiger partial charge in [0, 0.05) is 12.7 Å². The normalized spacial score (nSPS) is 17.1. The fraction of sp³-hybridized carbons (Fsp3) is 0.647. The largest absolute Gasteiger partial charge is 0.493 e. The van der Waals surface area contributed by atoms with Crippen molar-refractivity contribution in [1.29, 1.82) is 0 Å². The summed E-state index contributed by atoms with van der Waals surface area (Å²) < 4.78 is 11.6. The van der Waals surface area contributed by atoms with E-state index in [0.29, 0.717) is 0 Å². The molecule has 112 valence electrons. The molecule has 1 aromatic carbocycles. The monoisotopic (exact) mass is 277 g/mol. The quantitative estimate of drug-likeness (QED) is 0.827. The summed E-state index contributed by atoms with van der Waals surface area (Å²) in [4.78, 5) is 0. The van der Waals surface area contributed by atoms with Crippen LogP contribution in [0.2, 0.25) is 0 Å². The molecule has 3 nitrogen and oxygen atoms in total. The van der Waals surface area contributed by atoms with Crippen molar-refractivity contribution < 1.29 is 9.47 Å². The Kier molecular flexibility index (Phi) is 5.86. The third-order valence-electron chi connectivity index (χ3n) is 3.99. The Labute approximate surface area is 122 Å². The summed E-state index contributed by atoms with van der Waals surface area (Å²) in [6.07, 6.45) is 4.52. The van der Waals surface area contributed by atoms with Gasteiger partial charge >= 0.3 is 0 Å². The van der Waals surface area contributed by atoms with E-state index in [0.717, 1.165) is 44.6 Å². The van der Waals surface area contributed by atoms with Crippen molar-refractivity contribution >= 4 is 0 Å². The van der Waals surface area contributed by atoms with E-state index in [4.69, 9.17) is 9.47 Å². The van der Waals surface area contributed by atoms with Crippen molar-refractivity contribution in [3.05, 3.63) is 29.3 Å². The Morgan fingerprint density at radius 1 is 1.35 bits per heavy atom. The third-order valence-corrected chi connectivity index (χ3v) is 3.99. The highest BCUT2D eigenvalue weighted by Crippen LogP contribution is 2.35. The molecule has 1 heterocycles. The molecule has 0 aromatic heterocycles. The number of rotatable bonds is 7. The summed E-state index contributed by atoms with van der Waals surface area (Å²) in [5, 5.41) is 3.63. The maximum atomic E-state index is 5.96. The smallest absolute Gasteiger partial charge is 0.127 e. The van der Waals surface area contributed by atoms with E-state index in [-0.39, 0.29) is 12.1 Å². The lowest BCUT2D eigenvalue weighted by atomic mass is 9.94. The summed E-state index contributed by atoms with van der Waals surface area (Å²) in [7, 11) is 1.80. The van der Waals surface area contributed by atoms with Gasteiger partial charge in [-0.05, 0) is 37.8 Å². The van der Waals surface area contributed by atoms with Crippen LogP contribution in [0.4, 0.5) is 0 Å². The van der Waals surface area contributed by atoms with Crippen molar-refractivity contribution in [2.45, 2.75) is 51.7 Å². The lowest BCUT2D eigenvalue weighted by Gasteiger charge is -2.30. The second-order valence-electron chi connectivity index (χ2n) is 5.40. The maximum Gasteiger partial charge on any atom is 0.127 e. The molecule has 0 radical (unpaired) electrons. The number of para-hydroxylation sites is 1. The minimum atomic E-state index is 0.179. The fourth-order valence-electron chi connectivity index (χ4n) is 2.94. The minimum absolute atomic E-state index is 0.179. The van der Waals surface area contributed by atoms with Gasteiger partial charge in [-0.3, -0.25) is 0 Å². The summed E-state index contributed by atoms with van der Waals surface area (Å²) in [6, 6.07) is 6.71. The lowest BCUT2D eigenvalue weighted by Crippen LogP contribution is -2.34. The molecule has 1 N–H and O–H groups in total. The lowest BCUT2D eigenvalue weighted by molar-refractivity contribution is 0.0638. The average molecular weight is 277 g/mol. The van der Waals surface area contributed by atoms with Gasteiger partial charge in [-0.2, -0.15) is 0 Å². The molecule has 2 unspecified atom stereocenters. The van der Waals surface area contributed by atoms with E-state index in [1.807, 2.05) is 0 Å². The standard InChI is InChI=1S/C17H27NO2/c1-4-11-18-16(15(5-2)19-3)14-10-6-8-13-9-7-12-20-17(13)14/h6,8,10,15-16,18H,4-5,7,9,11-12H2,1-3H3. The topological polar surface area (TPSA) is 30.5 Å². The van der Waals surface area contributed by atoms with Crippen LogP contribution in [-0.2, 0) is 11.2 Å². The van der Waals surface area contributed by atoms with Crippen LogP contribution in [0.15, 0.2) is 18.2 Å². The van der Waals surface area contributed by atoms with Crippen molar-refractivity contribution in [3.8, 4) is 5.75 Å². The minimum Gasteiger partial charge on any atom is -0.493 e. The zero-order chi connectivity index (χ0) is 14.4. The first-order valence-corrected chi connectivity index (χ1v) is 7.82. The van der Waals surface area contributed by atoms with E-state index in [9.17, 15) is 0 Å². The number of benzene rings is 1. The highest BCUT2D eigenvalue weighted by Gasteiger charge is 2.26. The number of methoxy groups -OCH3 is 1. The zero-order valence-electron chi connectivity index (χ0n) is 12.9. The predicted molar refractivity (Wildman–Crippen MR) is 82.4 cm³/mol. The molecule has 2 atom stereocenters. The number of ether oxygens (including phenoxy) is 2. The first kappa shape index (κ1) is 15.3. The first-order valence-electron chi connectivity index (χ1n) is 7.82. The van der Waals surface area contributed by atoms with Crippen LogP contribution < -0.4 is 10.1 Å². The number of fused-ring (bicyclic) bond motifs is 1. The molecule has 1 aliphatic rings. The predicted octanol–water partition coefficient (Wildman–Crippen LogP) is 3.48. The van der Waals surface area contributed by atoms with E-state index < -0.39 is 0 Å². The van der Waals surface area contributed by atoms with Crippen LogP contribution in [-0.4, -0.2) is 26.4 Å². The Hall–Kier alpha value is -1.06. The molecular weight excluding hydrogens is 250 g/mol. The molecule has 0 saturated carbocycles. The maximum absolute atomic E-state index is 5.96. The molecule has 0 fully saturated rings. The van der Waals surface area contributed by atoms with Crippen molar-refractivity contribution in [2.75, 3.05) is 20.3 Å². The summed E-state index contributed by atoms with van der Waals surface area (Å²) in [6.45, 7) is 6.18. The van der Waals surface area contributed by atoms with Gasteiger partial charge in [0.25, 0.3) is 0 Å². The van der Waals surface area contributed by atoms with E-state index in [1.165, 1.54) is 11.1 Å². The van der Waals surface area contributed by atoms with Crippen molar-refractivity contribution in [1.82, 2.24) is 5.32 Å². The van der Waals surface area contributed by atoms with Crippen molar-refractivity contribution in [3.63, 3.8) is 0 Å². The number of hydrogen-bond donors (Lipinski definition) is 1. The van der Waals surface area contributed by atoms with Gasteiger partial charge in [0.05, 0.1) is 18.8 Å². The SMILES string of the molecule is CCCNC(c1cccc2c1OCCC2)C(CC)OC. The molecular formula is C17H27NO2.